The summed E-state index contributed by atoms with van der Waals surface area (Å²) in [5, 5.41) is 3.30. The van der Waals surface area contributed by atoms with E-state index in [1.54, 1.807) is 0 Å². The smallest absolute Gasteiger partial charge is 0.369 e. The Morgan fingerprint density at radius 1 is 1.15 bits per heavy atom. The molecule has 0 radical (unpaired) electrons. The van der Waals surface area contributed by atoms with Crippen molar-refractivity contribution in [2.45, 2.75) is 19.1 Å². The Kier molecular flexibility index (Phi) is 4.21. The molecule has 6 nitrogen and oxygen atoms in total. The molecule has 1 aliphatic heterocycles. The number of rotatable bonds is 4. The van der Waals surface area contributed by atoms with Crippen LogP contribution in [0.5, 0.6) is 0 Å². The van der Waals surface area contributed by atoms with Crippen molar-refractivity contribution in [3.05, 3.63) is 64.4 Å². The lowest BCUT2D eigenvalue weighted by Gasteiger charge is -2.19. The van der Waals surface area contributed by atoms with Crippen molar-refractivity contribution >= 4 is 5.69 Å². The average molecular weight is 376 g/mol. The average Bonchev–Trinajstić information content (AvgIpc) is 3.28. The number of halogens is 3. The number of aromatic nitrogens is 3. The number of fused-ring (bicyclic) bond motifs is 1. The summed E-state index contributed by atoms with van der Waals surface area (Å²) in [6.45, 7) is 2.03. The number of nitrogens with zero attached hydrogens (tertiary/aromatic N) is 4. The van der Waals surface area contributed by atoms with E-state index in [2.05, 4.69) is 31.7 Å². The molecule has 9 heteroatoms. The van der Waals surface area contributed by atoms with Gasteiger partial charge in [-0.2, -0.15) is 18.2 Å². The monoisotopic (exact) mass is 376 g/mol. The highest BCUT2D eigenvalue weighted by atomic mass is 19.4. The van der Waals surface area contributed by atoms with Crippen LogP contribution in [-0.2, 0) is 19.1 Å². The fraction of sp³-hybridized carbons (Fsp3) is 0.278. The summed E-state index contributed by atoms with van der Waals surface area (Å²) in [6.07, 6.45) is -2.21. The number of hydrogen-bond donors (Lipinski definition) is 0. The third kappa shape index (κ3) is 3.44. The molecule has 0 spiro atoms. The molecule has 0 aliphatic carbocycles. The van der Waals surface area contributed by atoms with E-state index < -0.39 is 12.1 Å². The number of para-hydroxylation sites is 1. The van der Waals surface area contributed by atoms with Gasteiger partial charge in [-0.3, -0.25) is 4.79 Å². The van der Waals surface area contributed by atoms with Gasteiger partial charge in [-0.1, -0.05) is 23.4 Å². The SMILES string of the molecule is O=c1cc(-c2noc(C(F)(F)F)n2)ccn1CCN1CCc2ccccc21. The van der Waals surface area contributed by atoms with Crippen LogP contribution in [0.25, 0.3) is 11.4 Å². The maximum absolute atomic E-state index is 12.5. The highest BCUT2D eigenvalue weighted by Gasteiger charge is 2.38. The van der Waals surface area contributed by atoms with E-state index in [-0.39, 0.29) is 16.9 Å². The first-order valence-corrected chi connectivity index (χ1v) is 8.36. The van der Waals surface area contributed by atoms with Crippen LogP contribution < -0.4 is 10.5 Å². The van der Waals surface area contributed by atoms with Crippen LogP contribution in [-0.4, -0.2) is 27.8 Å². The molecule has 0 saturated carbocycles. The lowest BCUT2D eigenvalue weighted by molar-refractivity contribution is -0.159. The second kappa shape index (κ2) is 6.57. The van der Waals surface area contributed by atoms with Crippen LogP contribution in [0.15, 0.2) is 51.9 Å². The molecule has 0 unspecified atom stereocenters. The predicted octanol–water partition coefficient (Wildman–Crippen LogP) is 2.98. The van der Waals surface area contributed by atoms with Crippen LogP contribution in [0.1, 0.15) is 11.5 Å². The zero-order valence-electron chi connectivity index (χ0n) is 14.1. The molecule has 27 heavy (non-hydrogen) atoms. The predicted molar refractivity (Wildman–Crippen MR) is 91.4 cm³/mol. The van der Waals surface area contributed by atoms with Gasteiger partial charge >= 0.3 is 12.1 Å². The van der Waals surface area contributed by atoms with Gasteiger partial charge in [0.05, 0.1) is 0 Å². The summed E-state index contributed by atoms with van der Waals surface area (Å²) in [5.41, 5.74) is 2.31. The number of benzene rings is 1. The van der Waals surface area contributed by atoms with Crippen LogP contribution in [0, 0.1) is 0 Å². The van der Waals surface area contributed by atoms with Crippen molar-refractivity contribution in [2.24, 2.45) is 0 Å². The summed E-state index contributed by atoms with van der Waals surface area (Å²) in [6, 6.07) is 10.9. The Morgan fingerprint density at radius 2 is 1.96 bits per heavy atom. The lowest BCUT2D eigenvalue weighted by atomic mass is 10.2. The largest absolute Gasteiger partial charge is 0.471 e. The van der Waals surface area contributed by atoms with Crippen LogP contribution in [0.3, 0.4) is 0 Å². The molecule has 3 heterocycles. The molecular formula is C18H15F3N4O2. The first-order valence-electron chi connectivity index (χ1n) is 8.36. The van der Waals surface area contributed by atoms with Crippen molar-refractivity contribution in [1.29, 1.82) is 0 Å². The van der Waals surface area contributed by atoms with Gasteiger partial charge in [-0.05, 0) is 24.1 Å². The van der Waals surface area contributed by atoms with Crippen molar-refractivity contribution in [1.82, 2.24) is 14.7 Å². The fourth-order valence-electron chi connectivity index (χ4n) is 3.15. The molecular weight excluding hydrogens is 361 g/mol. The Morgan fingerprint density at radius 3 is 2.70 bits per heavy atom. The van der Waals surface area contributed by atoms with Gasteiger partial charge in [0.1, 0.15) is 0 Å². The molecule has 0 saturated heterocycles. The van der Waals surface area contributed by atoms with Crippen molar-refractivity contribution in [3.63, 3.8) is 0 Å². The maximum atomic E-state index is 12.5. The second-order valence-electron chi connectivity index (χ2n) is 6.23. The van der Waals surface area contributed by atoms with Gasteiger partial charge in [-0.15, -0.1) is 0 Å². The third-order valence-corrected chi connectivity index (χ3v) is 4.52. The van der Waals surface area contributed by atoms with E-state index in [9.17, 15) is 18.0 Å². The van der Waals surface area contributed by atoms with Crippen LogP contribution in [0.4, 0.5) is 18.9 Å². The molecule has 0 amide bonds. The molecule has 0 fully saturated rings. The highest BCUT2D eigenvalue weighted by Crippen LogP contribution is 2.29. The highest BCUT2D eigenvalue weighted by molar-refractivity contribution is 5.57. The van der Waals surface area contributed by atoms with Crippen molar-refractivity contribution in [3.8, 4) is 11.4 Å². The molecule has 1 aliphatic rings. The summed E-state index contributed by atoms with van der Waals surface area (Å²) < 4.78 is 43.4. The number of anilines is 1. The summed E-state index contributed by atoms with van der Waals surface area (Å²) in [4.78, 5) is 17.8. The van der Waals surface area contributed by atoms with Crippen LogP contribution >= 0.6 is 0 Å². The van der Waals surface area contributed by atoms with E-state index in [1.807, 2.05) is 12.1 Å². The minimum atomic E-state index is -4.72. The second-order valence-corrected chi connectivity index (χ2v) is 6.23. The van der Waals surface area contributed by atoms with E-state index >= 15 is 0 Å². The van der Waals surface area contributed by atoms with E-state index in [0.29, 0.717) is 13.1 Å². The maximum Gasteiger partial charge on any atom is 0.471 e. The van der Waals surface area contributed by atoms with E-state index in [0.717, 1.165) is 13.0 Å². The first-order chi connectivity index (χ1) is 12.9. The summed E-state index contributed by atoms with van der Waals surface area (Å²) in [7, 11) is 0. The number of alkyl halides is 3. The normalized spacial score (nSPS) is 13.8. The topological polar surface area (TPSA) is 64.2 Å². The first kappa shape index (κ1) is 17.3. The zero-order valence-corrected chi connectivity index (χ0v) is 14.1. The molecule has 3 aromatic rings. The standard InChI is InChI=1S/C18H15F3N4O2/c19-18(20,21)17-22-16(23-27-17)13-6-8-25(15(26)11-13)10-9-24-7-5-12-3-1-2-4-14(12)24/h1-4,6,8,11H,5,7,9-10H2. The molecule has 4 rings (SSSR count). The van der Waals surface area contributed by atoms with Gasteiger partial charge in [-0.25, -0.2) is 0 Å². The Labute approximate surface area is 151 Å². The summed E-state index contributed by atoms with van der Waals surface area (Å²) >= 11 is 0. The molecule has 140 valence electrons. The fourth-order valence-corrected chi connectivity index (χ4v) is 3.15. The number of hydrogen-bond acceptors (Lipinski definition) is 5. The third-order valence-electron chi connectivity index (χ3n) is 4.52. The van der Waals surface area contributed by atoms with Crippen molar-refractivity contribution < 1.29 is 17.7 Å². The summed E-state index contributed by atoms with van der Waals surface area (Å²) in [5.74, 6) is -1.70. The molecule has 0 bridgehead atoms. The molecule has 1 aromatic carbocycles. The van der Waals surface area contributed by atoms with E-state index in [1.165, 1.54) is 34.1 Å². The quantitative estimate of drug-likeness (QED) is 0.701. The zero-order chi connectivity index (χ0) is 19.0. The van der Waals surface area contributed by atoms with Crippen LogP contribution in [0.2, 0.25) is 0 Å². The molecule has 0 atom stereocenters. The van der Waals surface area contributed by atoms with Gasteiger partial charge in [0.25, 0.3) is 5.56 Å². The lowest BCUT2D eigenvalue weighted by Crippen LogP contribution is -2.29. The minimum Gasteiger partial charge on any atom is -0.369 e. The molecule has 0 N–H and O–H groups in total. The van der Waals surface area contributed by atoms with Gasteiger partial charge < -0.3 is 14.0 Å². The van der Waals surface area contributed by atoms with Gasteiger partial charge in [0.2, 0.25) is 5.82 Å². The van der Waals surface area contributed by atoms with Gasteiger partial charge in [0, 0.05) is 43.1 Å². The Bertz CT molecular complexity index is 1030. The van der Waals surface area contributed by atoms with Gasteiger partial charge in [0.15, 0.2) is 0 Å². The Balaban J connectivity index is 1.48. The van der Waals surface area contributed by atoms with E-state index in [4.69, 9.17) is 0 Å². The van der Waals surface area contributed by atoms with Crippen molar-refractivity contribution in [2.75, 3.05) is 18.0 Å². The number of pyridine rings is 1. The molecule has 2 aromatic heterocycles. The Hall–Kier alpha value is -3.10. The minimum absolute atomic E-state index is 0.182.